The maximum atomic E-state index is 12.5. The first-order valence-electron chi connectivity index (χ1n) is 8.00. The molecule has 0 radical (unpaired) electrons. The summed E-state index contributed by atoms with van der Waals surface area (Å²) in [7, 11) is 1.63. The molecule has 0 aliphatic carbocycles. The number of tetrazole rings is 1. The van der Waals surface area contributed by atoms with Gasteiger partial charge in [-0.05, 0) is 41.5 Å². The molecule has 3 aromatic rings. The number of ether oxygens (including phenoxy) is 1. The van der Waals surface area contributed by atoms with E-state index in [1.807, 2.05) is 31.2 Å². The second-order valence-corrected chi connectivity index (χ2v) is 5.52. The zero-order valence-electron chi connectivity index (χ0n) is 14.1. The van der Waals surface area contributed by atoms with Gasteiger partial charge in [-0.1, -0.05) is 31.2 Å². The van der Waals surface area contributed by atoms with Crippen LogP contribution < -0.4 is 10.1 Å². The van der Waals surface area contributed by atoms with Gasteiger partial charge in [0.1, 0.15) is 5.75 Å². The molecule has 0 spiro atoms. The minimum absolute atomic E-state index is 0.0599. The summed E-state index contributed by atoms with van der Waals surface area (Å²) in [5, 5.41) is 16.8. The van der Waals surface area contributed by atoms with Crippen molar-refractivity contribution < 1.29 is 9.53 Å². The number of amides is 1. The lowest BCUT2D eigenvalue weighted by atomic mass is 10.0. The minimum atomic E-state index is -0.123. The van der Waals surface area contributed by atoms with Crippen LogP contribution >= 0.6 is 0 Å². The van der Waals surface area contributed by atoms with Crippen LogP contribution in [0.25, 0.3) is 11.4 Å². The number of benzene rings is 2. The third-order valence-electron chi connectivity index (χ3n) is 3.98. The molecule has 1 heterocycles. The number of nitrogens with one attached hydrogen (secondary N) is 2. The van der Waals surface area contributed by atoms with Crippen molar-refractivity contribution in [3.8, 4) is 17.1 Å². The van der Waals surface area contributed by atoms with Crippen LogP contribution in [0.15, 0.2) is 48.5 Å². The van der Waals surface area contributed by atoms with Crippen molar-refractivity contribution in [3.63, 3.8) is 0 Å². The van der Waals surface area contributed by atoms with Gasteiger partial charge in [-0.2, -0.15) is 5.21 Å². The summed E-state index contributed by atoms with van der Waals surface area (Å²) in [6.45, 7) is 2.04. The van der Waals surface area contributed by atoms with Crippen LogP contribution in [0.5, 0.6) is 5.75 Å². The maximum Gasteiger partial charge on any atom is 0.251 e. The molecular weight excluding hydrogens is 318 g/mol. The number of hydrogen-bond donors (Lipinski definition) is 2. The molecule has 0 aliphatic heterocycles. The van der Waals surface area contributed by atoms with Crippen molar-refractivity contribution >= 4 is 5.91 Å². The molecule has 0 fully saturated rings. The lowest BCUT2D eigenvalue weighted by Crippen LogP contribution is -2.28. The van der Waals surface area contributed by atoms with E-state index in [0.29, 0.717) is 11.4 Å². The van der Waals surface area contributed by atoms with Gasteiger partial charge in [0.15, 0.2) is 0 Å². The van der Waals surface area contributed by atoms with Gasteiger partial charge in [0.25, 0.3) is 5.91 Å². The summed E-state index contributed by atoms with van der Waals surface area (Å²) in [6.07, 6.45) is 0.791. The van der Waals surface area contributed by atoms with Crippen molar-refractivity contribution in [1.29, 1.82) is 0 Å². The molecule has 7 nitrogen and oxygen atoms in total. The Morgan fingerprint density at radius 2 is 1.88 bits per heavy atom. The SMILES string of the molecule is CCC(NC(=O)c1ccc(-c2nn[nH]n2)cc1)c1ccc(OC)cc1. The minimum Gasteiger partial charge on any atom is -0.497 e. The zero-order chi connectivity index (χ0) is 17.6. The fraction of sp³-hybridized carbons (Fsp3) is 0.222. The predicted molar refractivity (Wildman–Crippen MR) is 93.1 cm³/mol. The highest BCUT2D eigenvalue weighted by Gasteiger charge is 2.14. The molecule has 25 heavy (non-hydrogen) atoms. The Hall–Kier alpha value is -3.22. The first kappa shape index (κ1) is 16.6. The highest BCUT2D eigenvalue weighted by Crippen LogP contribution is 2.21. The number of methoxy groups -OCH3 is 1. The number of carbonyl (C=O) groups is 1. The highest BCUT2D eigenvalue weighted by atomic mass is 16.5. The highest BCUT2D eigenvalue weighted by molar-refractivity contribution is 5.94. The van der Waals surface area contributed by atoms with E-state index in [-0.39, 0.29) is 11.9 Å². The van der Waals surface area contributed by atoms with Crippen LogP contribution in [0.1, 0.15) is 35.3 Å². The summed E-state index contributed by atoms with van der Waals surface area (Å²) in [5.74, 6) is 1.17. The van der Waals surface area contributed by atoms with Crippen LogP contribution in [-0.2, 0) is 0 Å². The standard InChI is InChI=1S/C18H19N5O2/c1-3-16(12-8-10-15(25-2)11-9-12)19-18(24)14-6-4-13(5-7-14)17-20-22-23-21-17/h4-11,16H,3H2,1-2H3,(H,19,24)(H,20,21,22,23). The molecule has 128 valence electrons. The monoisotopic (exact) mass is 337 g/mol. The summed E-state index contributed by atoms with van der Waals surface area (Å²) in [6, 6.07) is 14.8. The molecular formula is C18H19N5O2. The molecule has 7 heteroatoms. The summed E-state index contributed by atoms with van der Waals surface area (Å²) >= 11 is 0. The van der Waals surface area contributed by atoms with E-state index in [0.717, 1.165) is 23.3 Å². The quantitative estimate of drug-likeness (QED) is 0.721. The summed E-state index contributed by atoms with van der Waals surface area (Å²) in [4.78, 5) is 12.5. The van der Waals surface area contributed by atoms with E-state index in [9.17, 15) is 4.79 Å². The molecule has 3 rings (SSSR count). The van der Waals surface area contributed by atoms with Crippen LogP contribution in [-0.4, -0.2) is 33.6 Å². The van der Waals surface area contributed by atoms with E-state index in [1.54, 1.807) is 31.4 Å². The van der Waals surface area contributed by atoms with Gasteiger partial charge in [0.2, 0.25) is 5.82 Å². The van der Waals surface area contributed by atoms with Crippen LogP contribution in [0.3, 0.4) is 0 Å². The Balaban J connectivity index is 1.71. The molecule has 0 saturated carbocycles. The molecule has 1 aromatic heterocycles. The van der Waals surface area contributed by atoms with E-state index in [1.165, 1.54) is 0 Å². The van der Waals surface area contributed by atoms with Crippen molar-refractivity contribution in [2.45, 2.75) is 19.4 Å². The van der Waals surface area contributed by atoms with Gasteiger partial charge < -0.3 is 10.1 Å². The average Bonchev–Trinajstić information content (AvgIpc) is 3.21. The first-order valence-corrected chi connectivity index (χ1v) is 8.00. The van der Waals surface area contributed by atoms with Gasteiger partial charge in [-0.3, -0.25) is 4.79 Å². The van der Waals surface area contributed by atoms with Crippen molar-refractivity contribution in [2.75, 3.05) is 7.11 Å². The normalized spacial score (nSPS) is 11.8. The number of aromatic amines is 1. The van der Waals surface area contributed by atoms with E-state index >= 15 is 0 Å². The Labute approximate surface area is 145 Å². The van der Waals surface area contributed by atoms with Gasteiger partial charge >= 0.3 is 0 Å². The van der Waals surface area contributed by atoms with Crippen molar-refractivity contribution in [1.82, 2.24) is 25.9 Å². The molecule has 0 aliphatic rings. The van der Waals surface area contributed by atoms with Gasteiger partial charge in [-0.25, -0.2) is 0 Å². The molecule has 1 atom stereocenters. The fourth-order valence-electron chi connectivity index (χ4n) is 2.55. The van der Waals surface area contributed by atoms with Crippen molar-refractivity contribution in [3.05, 3.63) is 59.7 Å². The lowest BCUT2D eigenvalue weighted by molar-refractivity contribution is 0.0935. The number of hydrogen-bond acceptors (Lipinski definition) is 5. The Kier molecular flexibility index (Phi) is 5.03. The first-order chi connectivity index (χ1) is 12.2. The second-order valence-electron chi connectivity index (χ2n) is 5.52. The van der Waals surface area contributed by atoms with E-state index in [2.05, 4.69) is 25.9 Å². The van der Waals surface area contributed by atoms with Crippen LogP contribution in [0.2, 0.25) is 0 Å². The molecule has 1 unspecified atom stereocenters. The lowest BCUT2D eigenvalue weighted by Gasteiger charge is -2.18. The predicted octanol–water partition coefficient (Wildman–Crippen LogP) is 2.76. The molecule has 2 N–H and O–H groups in total. The van der Waals surface area contributed by atoms with Gasteiger partial charge in [0, 0.05) is 11.1 Å². The van der Waals surface area contributed by atoms with E-state index < -0.39 is 0 Å². The van der Waals surface area contributed by atoms with Crippen molar-refractivity contribution in [2.24, 2.45) is 0 Å². The van der Waals surface area contributed by atoms with Gasteiger partial charge in [0.05, 0.1) is 13.2 Å². The molecule has 0 saturated heterocycles. The zero-order valence-corrected chi connectivity index (χ0v) is 14.1. The summed E-state index contributed by atoms with van der Waals surface area (Å²) < 4.78 is 5.17. The largest absolute Gasteiger partial charge is 0.497 e. The second kappa shape index (κ2) is 7.57. The fourth-order valence-corrected chi connectivity index (χ4v) is 2.55. The van der Waals surface area contributed by atoms with E-state index in [4.69, 9.17) is 4.74 Å². The van der Waals surface area contributed by atoms with Crippen LogP contribution in [0.4, 0.5) is 0 Å². The maximum absolute atomic E-state index is 12.5. The van der Waals surface area contributed by atoms with Crippen LogP contribution in [0, 0.1) is 0 Å². The smallest absolute Gasteiger partial charge is 0.251 e. The number of nitrogens with zero attached hydrogens (tertiary/aromatic N) is 3. The Bertz CT molecular complexity index is 814. The number of carbonyl (C=O) groups excluding carboxylic acids is 1. The topological polar surface area (TPSA) is 92.8 Å². The Morgan fingerprint density at radius 3 is 2.44 bits per heavy atom. The number of aromatic nitrogens is 4. The summed E-state index contributed by atoms with van der Waals surface area (Å²) in [5.41, 5.74) is 2.42. The Morgan fingerprint density at radius 1 is 1.16 bits per heavy atom. The van der Waals surface area contributed by atoms with Gasteiger partial charge in [-0.15, -0.1) is 10.2 Å². The molecule has 2 aromatic carbocycles. The molecule has 0 bridgehead atoms. The third kappa shape index (κ3) is 3.82. The number of rotatable bonds is 6. The average molecular weight is 337 g/mol. The third-order valence-corrected chi connectivity index (χ3v) is 3.98. The molecule has 1 amide bonds. The number of H-pyrrole nitrogens is 1.